The van der Waals surface area contributed by atoms with Crippen LogP contribution in [0.3, 0.4) is 0 Å². The van der Waals surface area contributed by atoms with Crippen molar-refractivity contribution in [3.8, 4) is 22.8 Å². The van der Waals surface area contributed by atoms with Gasteiger partial charge in [0.25, 0.3) is 0 Å². The van der Waals surface area contributed by atoms with E-state index < -0.39 is 0 Å². The second kappa shape index (κ2) is 6.42. The molecule has 27 heavy (non-hydrogen) atoms. The fraction of sp³-hybridized carbons (Fsp3) is 0.250. The van der Waals surface area contributed by atoms with Gasteiger partial charge < -0.3 is 4.90 Å². The summed E-state index contributed by atoms with van der Waals surface area (Å²) in [5.74, 6) is 1.72. The van der Waals surface area contributed by atoms with Gasteiger partial charge in [-0.25, -0.2) is 24.5 Å². The smallest absolute Gasteiger partial charge is 0.154 e. The topological polar surface area (TPSA) is 72.1 Å². The molecule has 0 aromatic carbocycles. The Hall–Kier alpha value is -3.35. The van der Waals surface area contributed by atoms with Crippen LogP contribution in [0.15, 0.2) is 48.8 Å². The summed E-state index contributed by atoms with van der Waals surface area (Å²) in [7, 11) is 0. The molecule has 7 nitrogen and oxygen atoms in total. The fourth-order valence-corrected chi connectivity index (χ4v) is 3.47. The molecule has 0 spiro atoms. The Kier molecular flexibility index (Phi) is 3.78. The number of hydrogen-bond donors (Lipinski definition) is 0. The van der Waals surface area contributed by atoms with Gasteiger partial charge >= 0.3 is 0 Å². The standard InChI is InChI=1S/C20H19N7/c1-14-21-10-9-16(23-14)15-5-4-6-17(24-15)18-13-22-19-7-8-20(25-27(18)19)26-11-2-3-12-26/h4-10,13H,2-3,11-12H2,1H3. The third kappa shape index (κ3) is 2.91. The number of anilines is 1. The van der Waals surface area contributed by atoms with Crippen LogP contribution in [0.5, 0.6) is 0 Å². The highest BCUT2D eigenvalue weighted by Gasteiger charge is 2.16. The van der Waals surface area contributed by atoms with Crippen LogP contribution in [0.2, 0.25) is 0 Å². The van der Waals surface area contributed by atoms with Crippen molar-refractivity contribution in [2.24, 2.45) is 0 Å². The number of pyridine rings is 1. The van der Waals surface area contributed by atoms with E-state index in [4.69, 9.17) is 10.1 Å². The number of imidazole rings is 1. The molecule has 5 rings (SSSR count). The number of rotatable bonds is 3. The van der Waals surface area contributed by atoms with Crippen molar-refractivity contribution in [2.45, 2.75) is 19.8 Å². The minimum atomic E-state index is 0.728. The molecule has 0 saturated carbocycles. The van der Waals surface area contributed by atoms with Crippen molar-refractivity contribution < 1.29 is 0 Å². The Balaban J connectivity index is 1.59. The first-order valence-electron chi connectivity index (χ1n) is 9.15. The molecule has 1 fully saturated rings. The van der Waals surface area contributed by atoms with E-state index in [1.165, 1.54) is 12.8 Å². The molecule has 4 aromatic heterocycles. The normalized spacial score (nSPS) is 14.2. The molecule has 0 unspecified atom stereocenters. The lowest BCUT2D eigenvalue weighted by atomic mass is 10.2. The van der Waals surface area contributed by atoms with Gasteiger partial charge in [-0.15, -0.1) is 5.10 Å². The maximum atomic E-state index is 4.82. The third-order valence-electron chi connectivity index (χ3n) is 4.83. The minimum Gasteiger partial charge on any atom is -0.355 e. The van der Waals surface area contributed by atoms with Gasteiger partial charge in [-0.2, -0.15) is 0 Å². The molecule has 134 valence electrons. The molecule has 0 N–H and O–H groups in total. The van der Waals surface area contributed by atoms with E-state index in [-0.39, 0.29) is 0 Å². The molecule has 1 aliphatic heterocycles. The SMILES string of the molecule is Cc1nccc(-c2cccc(-c3cnc4ccc(N5CCCC5)nn34)n2)n1. The number of aromatic nitrogens is 6. The van der Waals surface area contributed by atoms with Gasteiger partial charge in [0.15, 0.2) is 5.65 Å². The predicted molar refractivity (Wildman–Crippen MR) is 103 cm³/mol. The van der Waals surface area contributed by atoms with Crippen LogP contribution in [0.1, 0.15) is 18.7 Å². The van der Waals surface area contributed by atoms with E-state index in [1.807, 2.05) is 54.0 Å². The van der Waals surface area contributed by atoms with Gasteiger partial charge in [-0.3, -0.25) is 0 Å². The first kappa shape index (κ1) is 15.9. The lowest BCUT2D eigenvalue weighted by Crippen LogP contribution is -2.19. The molecular weight excluding hydrogens is 338 g/mol. The van der Waals surface area contributed by atoms with Crippen molar-refractivity contribution in [1.82, 2.24) is 29.5 Å². The van der Waals surface area contributed by atoms with E-state index in [0.29, 0.717) is 0 Å². The number of hydrogen-bond acceptors (Lipinski definition) is 6. The zero-order chi connectivity index (χ0) is 18.2. The van der Waals surface area contributed by atoms with Crippen molar-refractivity contribution in [3.63, 3.8) is 0 Å². The molecule has 4 aromatic rings. The molecule has 7 heteroatoms. The zero-order valence-corrected chi connectivity index (χ0v) is 15.1. The van der Waals surface area contributed by atoms with E-state index in [1.54, 1.807) is 6.20 Å². The summed E-state index contributed by atoms with van der Waals surface area (Å²) in [6, 6.07) is 11.9. The van der Waals surface area contributed by atoms with E-state index in [2.05, 4.69) is 19.9 Å². The molecule has 0 amide bonds. The predicted octanol–water partition coefficient (Wildman–Crippen LogP) is 3.16. The van der Waals surface area contributed by atoms with E-state index in [9.17, 15) is 0 Å². The van der Waals surface area contributed by atoms with Crippen LogP contribution >= 0.6 is 0 Å². The minimum absolute atomic E-state index is 0.728. The summed E-state index contributed by atoms with van der Waals surface area (Å²) in [6.07, 6.45) is 6.02. The van der Waals surface area contributed by atoms with Crippen molar-refractivity contribution >= 4 is 11.5 Å². The van der Waals surface area contributed by atoms with E-state index >= 15 is 0 Å². The van der Waals surface area contributed by atoms with Crippen LogP contribution in [-0.2, 0) is 0 Å². The van der Waals surface area contributed by atoms with Gasteiger partial charge in [0.2, 0.25) is 0 Å². The maximum Gasteiger partial charge on any atom is 0.154 e. The average molecular weight is 357 g/mol. The lowest BCUT2D eigenvalue weighted by molar-refractivity contribution is 0.861. The third-order valence-corrected chi connectivity index (χ3v) is 4.83. The van der Waals surface area contributed by atoms with Crippen molar-refractivity contribution in [2.75, 3.05) is 18.0 Å². The largest absolute Gasteiger partial charge is 0.355 e. The number of aryl methyl sites for hydroxylation is 1. The van der Waals surface area contributed by atoms with Crippen LogP contribution in [0, 0.1) is 6.92 Å². The van der Waals surface area contributed by atoms with Gasteiger partial charge in [-0.05, 0) is 50.1 Å². The molecule has 0 atom stereocenters. The maximum absolute atomic E-state index is 4.82. The second-order valence-electron chi connectivity index (χ2n) is 6.70. The van der Waals surface area contributed by atoms with Crippen molar-refractivity contribution in [3.05, 3.63) is 54.6 Å². The first-order chi connectivity index (χ1) is 13.3. The highest BCUT2D eigenvalue weighted by Crippen LogP contribution is 2.24. The molecule has 1 aliphatic rings. The Morgan fingerprint density at radius 2 is 1.67 bits per heavy atom. The summed E-state index contributed by atoms with van der Waals surface area (Å²) < 4.78 is 1.88. The van der Waals surface area contributed by atoms with Gasteiger partial charge in [0.05, 0.1) is 23.3 Å². The molecule has 5 heterocycles. The Bertz CT molecular complexity index is 1110. The van der Waals surface area contributed by atoms with E-state index in [0.717, 1.165) is 53.2 Å². The Morgan fingerprint density at radius 1 is 0.852 bits per heavy atom. The molecule has 0 radical (unpaired) electrons. The molecule has 1 saturated heterocycles. The summed E-state index contributed by atoms with van der Waals surface area (Å²) in [5.41, 5.74) is 4.13. The Labute approximate surface area is 156 Å². The summed E-state index contributed by atoms with van der Waals surface area (Å²) in [4.78, 5) is 20.2. The van der Waals surface area contributed by atoms with Crippen LogP contribution in [0.25, 0.3) is 28.4 Å². The second-order valence-corrected chi connectivity index (χ2v) is 6.70. The molecule has 0 bridgehead atoms. The van der Waals surface area contributed by atoms with Gasteiger partial charge in [0.1, 0.15) is 17.3 Å². The number of nitrogens with zero attached hydrogens (tertiary/aromatic N) is 7. The zero-order valence-electron chi connectivity index (χ0n) is 15.1. The Morgan fingerprint density at radius 3 is 2.52 bits per heavy atom. The van der Waals surface area contributed by atoms with Gasteiger partial charge in [-0.1, -0.05) is 6.07 Å². The first-order valence-corrected chi connectivity index (χ1v) is 9.15. The summed E-state index contributed by atoms with van der Waals surface area (Å²) >= 11 is 0. The lowest BCUT2D eigenvalue weighted by Gasteiger charge is -2.16. The highest BCUT2D eigenvalue weighted by atomic mass is 15.3. The quantitative estimate of drug-likeness (QED) is 0.561. The van der Waals surface area contributed by atoms with Crippen LogP contribution in [0.4, 0.5) is 5.82 Å². The van der Waals surface area contributed by atoms with Crippen LogP contribution in [-0.4, -0.2) is 42.6 Å². The summed E-state index contributed by atoms with van der Waals surface area (Å²) in [5, 5.41) is 4.82. The molecular formula is C20H19N7. The van der Waals surface area contributed by atoms with Crippen LogP contribution < -0.4 is 4.90 Å². The fourth-order valence-electron chi connectivity index (χ4n) is 3.47. The summed E-state index contributed by atoms with van der Waals surface area (Å²) in [6.45, 7) is 3.99. The highest BCUT2D eigenvalue weighted by molar-refractivity contribution is 5.64. The monoisotopic (exact) mass is 357 g/mol. The van der Waals surface area contributed by atoms with Gasteiger partial charge in [0, 0.05) is 19.3 Å². The van der Waals surface area contributed by atoms with Crippen molar-refractivity contribution in [1.29, 1.82) is 0 Å². The number of fused-ring (bicyclic) bond motifs is 1. The molecule has 0 aliphatic carbocycles. The average Bonchev–Trinajstić information content (AvgIpc) is 3.37.